The van der Waals surface area contributed by atoms with E-state index in [0.29, 0.717) is 6.54 Å². The first-order valence-corrected chi connectivity index (χ1v) is 6.33. The third-order valence-electron chi connectivity index (χ3n) is 2.72. The molecule has 1 amide bonds. The van der Waals surface area contributed by atoms with E-state index in [0.717, 1.165) is 16.5 Å². The van der Waals surface area contributed by atoms with Crippen LogP contribution < -0.4 is 0 Å². The van der Waals surface area contributed by atoms with Crippen LogP contribution in [-0.4, -0.2) is 17.9 Å². The standard InChI is InChI=1S/C13H18BrNO/c1-4-10(2)13(16)15(3)9-11-6-5-7-12(14)8-11/h5-8,10H,4,9H2,1-3H3. The van der Waals surface area contributed by atoms with E-state index in [2.05, 4.69) is 15.9 Å². The second-order valence-electron chi connectivity index (χ2n) is 4.13. The molecule has 16 heavy (non-hydrogen) atoms. The fraction of sp³-hybridized carbons (Fsp3) is 0.462. The predicted molar refractivity (Wildman–Crippen MR) is 70.1 cm³/mol. The molecule has 0 spiro atoms. The summed E-state index contributed by atoms with van der Waals surface area (Å²) in [6, 6.07) is 8.05. The normalized spacial score (nSPS) is 12.2. The molecular formula is C13H18BrNO. The summed E-state index contributed by atoms with van der Waals surface area (Å²) in [4.78, 5) is 13.7. The van der Waals surface area contributed by atoms with Gasteiger partial charge >= 0.3 is 0 Å². The van der Waals surface area contributed by atoms with Crippen LogP contribution in [0.1, 0.15) is 25.8 Å². The third-order valence-corrected chi connectivity index (χ3v) is 3.21. The van der Waals surface area contributed by atoms with Crippen LogP contribution in [-0.2, 0) is 11.3 Å². The van der Waals surface area contributed by atoms with Crippen molar-refractivity contribution in [2.45, 2.75) is 26.8 Å². The van der Waals surface area contributed by atoms with E-state index in [4.69, 9.17) is 0 Å². The molecule has 3 heteroatoms. The molecule has 0 aliphatic rings. The number of hydrogen-bond donors (Lipinski definition) is 0. The van der Waals surface area contributed by atoms with E-state index in [9.17, 15) is 4.79 Å². The summed E-state index contributed by atoms with van der Waals surface area (Å²) in [6.07, 6.45) is 0.891. The van der Waals surface area contributed by atoms with Crippen molar-refractivity contribution in [3.8, 4) is 0 Å². The minimum atomic E-state index is 0.108. The van der Waals surface area contributed by atoms with Crippen LogP contribution in [0.4, 0.5) is 0 Å². The minimum absolute atomic E-state index is 0.108. The monoisotopic (exact) mass is 283 g/mol. The van der Waals surface area contributed by atoms with E-state index in [1.54, 1.807) is 4.90 Å². The molecule has 0 saturated carbocycles. The molecule has 1 aromatic carbocycles. The maximum Gasteiger partial charge on any atom is 0.225 e. The molecule has 0 bridgehead atoms. The van der Waals surface area contributed by atoms with E-state index in [1.807, 2.05) is 45.2 Å². The summed E-state index contributed by atoms with van der Waals surface area (Å²) in [5.41, 5.74) is 1.15. The number of amides is 1. The number of rotatable bonds is 4. The second-order valence-corrected chi connectivity index (χ2v) is 5.05. The molecule has 88 valence electrons. The van der Waals surface area contributed by atoms with Crippen LogP contribution in [0.5, 0.6) is 0 Å². The van der Waals surface area contributed by atoms with Gasteiger partial charge in [-0.15, -0.1) is 0 Å². The maximum atomic E-state index is 11.9. The highest BCUT2D eigenvalue weighted by Gasteiger charge is 2.15. The minimum Gasteiger partial charge on any atom is -0.341 e. The molecule has 0 heterocycles. The Morgan fingerprint density at radius 2 is 2.19 bits per heavy atom. The number of benzene rings is 1. The number of nitrogens with zero attached hydrogens (tertiary/aromatic N) is 1. The second kappa shape index (κ2) is 6.04. The lowest BCUT2D eigenvalue weighted by molar-refractivity contribution is -0.134. The average molecular weight is 284 g/mol. The van der Waals surface area contributed by atoms with Gasteiger partial charge in [-0.2, -0.15) is 0 Å². The van der Waals surface area contributed by atoms with E-state index < -0.39 is 0 Å². The Bertz CT molecular complexity index is 365. The first kappa shape index (κ1) is 13.2. The van der Waals surface area contributed by atoms with Gasteiger partial charge < -0.3 is 4.90 Å². The van der Waals surface area contributed by atoms with Crippen LogP contribution in [0.25, 0.3) is 0 Å². The third kappa shape index (κ3) is 3.63. The Morgan fingerprint density at radius 1 is 1.50 bits per heavy atom. The molecule has 0 aromatic heterocycles. The molecule has 1 aromatic rings. The fourth-order valence-electron chi connectivity index (χ4n) is 1.54. The van der Waals surface area contributed by atoms with Crippen LogP contribution in [0, 0.1) is 5.92 Å². The number of carbonyl (C=O) groups excluding carboxylic acids is 1. The van der Waals surface area contributed by atoms with Crippen LogP contribution in [0.3, 0.4) is 0 Å². The Kier molecular flexibility index (Phi) is 5.00. The number of carbonyl (C=O) groups is 1. The predicted octanol–water partition coefficient (Wildman–Crippen LogP) is 3.45. The SMILES string of the molecule is CCC(C)C(=O)N(C)Cc1cccc(Br)c1. The van der Waals surface area contributed by atoms with Gasteiger partial charge in [-0.1, -0.05) is 41.9 Å². The molecule has 1 unspecified atom stereocenters. The molecule has 0 aliphatic carbocycles. The van der Waals surface area contributed by atoms with Gasteiger partial charge in [0.25, 0.3) is 0 Å². The highest BCUT2D eigenvalue weighted by molar-refractivity contribution is 9.10. The van der Waals surface area contributed by atoms with E-state index >= 15 is 0 Å². The van der Waals surface area contributed by atoms with Crippen molar-refractivity contribution in [3.05, 3.63) is 34.3 Å². The quantitative estimate of drug-likeness (QED) is 0.829. The summed E-state index contributed by atoms with van der Waals surface area (Å²) in [6.45, 7) is 4.68. The summed E-state index contributed by atoms with van der Waals surface area (Å²) >= 11 is 3.43. The zero-order valence-electron chi connectivity index (χ0n) is 10.0. The zero-order valence-corrected chi connectivity index (χ0v) is 11.6. The van der Waals surface area contributed by atoms with Crippen molar-refractivity contribution in [2.75, 3.05) is 7.05 Å². The highest BCUT2D eigenvalue weighted by atomic mass is 79.9. The zero-order chi connectivity index (χ0) is 12.1. The smallest absolute Gasteiger partial charge is 0.225 e. The van der Waals surface area contributed by atoms with Gasteiger partial charge in [0.2, 0.25) is 5.91 Å². The fourth-order valence-corrected chi connectivity index (χ4v) is 1.98. The first-order chi connectivity index (χ1) is 7.54. The van der Waals surface area contributed by atoms with Crippen molar-refractivity contribution in [2.24, 2.45) is 5.92 Å². The molecule has 0 aliphatic heterocycles. The molecule has 0 saturated heterocycles. The number of hydrogen-bond acceptors (Lipinski definition) is 1. The average Bonchev–Trinajstić information content (AvgIpc) is 2.27. The Balaban J connectivity index is 2.64. The molecule has 1 rings (SSSR count). The molecule has 1 atom stereocenters. The first-order valence-electron chi connectivity index (χ1n) is 5.54. The molecule has 0 fully saturated rings. The molecule has 0 N–H and O–H groups in total. The molecular weight excluding hydrogens is 266 g/mol. The van der Waals surface area contributed by atoms with Gasteiger partial charge in [-0.05, 0) is 24.1 Å². The summed E-state index contributed by atoms with van der Waals surface area (Å²) in [5.74, 6) is 0.319. The van der Waals surface area contributed by atoms with Gasteiger partial charge in [0, 0.05) is 24.0 Å². The highest BCUT2D eigenvalue weighted by Crippen LogP contribution is 2.14. The van der Waals surface area contributed by atoms with Gasteiger partial charge in [-0.25, -0.2) is 0 Å². The summed E-state index contributed by atoms with van der Waals surface area (Å²) < 4.78 is 1.05. The van der Waals surface area contributed by atoms with Gasteiger partial charge in [-0.3, -0.25) is 4.79 Å². The van der Waals surface area contributed by atoms with Crippen LogP contribution >= 0.6 is 15.9 Å². The Labute approximate surface area is 106 Å². The van der Waals surface area contributed by atoms with Crippen molar-refractivity contribution in [3.63, 3.8) is 0 Å². The molecule has 0 radical (unpaired) electrons. The molecule has 2 nitrogen and oxygen atoms in total. The largest absolute Gasteiger partial charge is 0.341 e. The van der Waals surface area contributed by atoms with Crippen molar-refractivity contribution >= 4 is 21.8 Å². The Hall–Kier alpha value is -0.830. The van der Waals surface area contributed by atoms with Crippen LogP contribution in [0.15, 0.2) is 28.7 Å². The lowest BCUT2D eigenvalue weighted by Gasteiger charge is -2.20. The maximum absolute atomic E-state index is 11.9. The van der Waals surface area contributed by atoms with Crippen molar-refractivity contribution < 1.29 is 4.79 Å². The summed E-state index contributed by atoms with van der Waals surface area (Å²) in [5, 5.41) is 0. The number of halogens is 1. The van der Waals surface area contributed by atoms with Crippen LogP contribution in [0.2, 0.25) is 0 Å². The van der Waals surface area contributed by atoms with E-state index in [-0.39, 0.29) is 11.8 Å². The lowest BCUT2D eigenvalue weighted by atomic mass is 10.1. The topological polar surface area (TPSA) is 20.3 Å². The van der Waals surface area contributed by atoms with Gasteiger partial charge in [0.15, 0.2) is 0 Å². The van der Waals surface area contributed by atoms with E-state index in [1.165, 1.54) is 0 Å². The van der Waals surface area contributed by atoms with Crippen molar-refractivity contribution in [1.82, 2.24) is 4.90 Å². The van der Waals surface area contributed by atoms with Crippen molar-refractivity contribution in [1.29, 1.82) is 0 Å². The lowest BCUT2D eigenvalue weighted by Crippen LogP contribution is -2.30. The Morgan fingerprint density at radius 3 is 2.75 bits per heavy atom. The van der Waals surface area contributed by atoms with Gasteiger partial charge in [0.05, 0.1) is 0 Å². The summed E-state index contributed by atoms with van der Waals surface area (Å²) in [7, 11) is 1.86. The van der Waals surface area contributed by atoms with Gasteiger partial charge in [0.1, 0.15) is 0 Å².